The molecule has 1 fully saturated rings. The highest BCUT2D eigenvalue weighted by Crippen LogP contribution is 2.24. The zero-order chi connectivity index (χ0) is 12.7. The number of ether oxygens (including phenoxy) is 1. The number of fused-ring (bicyclic) bond motifs is 1. The Hall–Kier alpha value is -1.49. The Morgan fingerprint density at radius 3 is 2.78 bits per heavy atom. The molecule has 0 unspecified atom stereocenters. The standard InChI is InChI=1S/C13H17N3O2/c1-8-6-16(7-9(2)18-8)13(17)12-10-4-3-5-11(10)14-15-12/h4,8-9H,3,5-7H2,1-2H3/t8-,9+. The van der Waals surface area contributed by atoms with Crippen LogP contribution >= 0.6 is 0 Å². The van der Waals surface area contributed by atoms with Crippen LogP contribution in [0.15, 0.2) is 21.9 Å². The molecule has 0 aromatic heterocycles. The van der Waals surface area contributed by atoms with E-state index in [-0.39, 0.29) is 18.1 Å². The lowest BCUT2D eigenvalue weighted by Crippen LogP contribution is -2.50. The van der Waals surface area contributed by atoms with Crippen LogP contribution in [0.3, 0.4) is 0 Å². The number of amides is 1. The summed E-state index contributed by atoms with van der Waals surface area (Å²) in [6, 6.07) is 0. The molecule has 0 aromatic rings. The summed E-state index contributed by atoms with van der Waals surface area (Å²) in [5.74, 6) is -0.0103. The fraction of sp³-hybridized carbons (Fsp3) is 0.615. The molecule has 3 aliphatic rings. The number of rotatable bonds is 1. The Morgan fingerprint density at radius 2 is 2.06 bits per heavy atom. The van der Waals surface area contributed by atoms with Gasteiger partial charge in [0.15, 0.2) is 5.71 Å². The average molecular weight is 247 g/mol. The highest BCUT2D eigenvalue weighted by atomic mass is 16.5. The molecule has 1 amide bonds. The third-order valence-corrected chi connectivity index (χ3v) is 3.48. The van der Waals surface area contributed by atoms with Crippen molar-refractivity contribution < 1.29 is 9.53 Å². The van der Waals surface area contributed by atoms with E-state index in [1.807, 2.05) is 18.7 Å². The Morgan fingerprint density at radius 1 is 1.33 bits per heavy atom. The third-order valence-electron chi connectivity index (χ3n) is 3.48. The first kappa shape index (κ1) is 11.6. The number of hydrogen-bond donors (Lipinski definition) is 0. The van der Waals surface area contributed by atoms with Crippen molar-refractivity contribution in [2.45, 2.75) is 38.9 Å². The Balaban J connectivity index is 1.76. The molecule has 1 aliphatic carbocycles. The van der Waals surface area contributed by atoms with Gasteiger partial charge >= 0.3 is 0 Å². The van der Waals surface area contributed by atoms with Gasteiger partial charge in [-0.25, -0.2) is 0 Å². The van der Waals surface area contributed by atoms with Crippen LogP contribution in [0.1, 0.15) is 26.7 Å². The smallest absolute Gasteiger partial charge is 0.275 e. The molecule has 2 atom stereocenters. The second-order valence-electron chi connectivity index (χ2n) is 5.12. The van der Waals surface area contributed by atoms with E-state index < -0.39 is 0 Å². The lowest BCUT2D eigenvalue weighted by Gasteiger charge is -2.35. The van der Waals surface area contributed by atoms with Crippen molar-refractivity contribution in [2.75, 3.05) is 13.1 Å². The van der Waals surface area contributed by atoms with E-state index in [4.69, 9.17) is 4.74 Å². The molecule has 0 bridgehead atoms. The molecule has 18 heavy (non-hydrogen) atoms. The van der Waals surface area contributed by atoms with Crippen molar-refractivity contribution in [1.82, 2.24) is 4.90 Å². The molecule has 0 saturated carbocycles. The van der Waals surface area contributed by atoms with Crippen molar-refractivity contribution in [1.29, 1.82) is 0 Å². The van der Waals surface area contributed by atoms with Gasteiger partial charge in [-0.05, 0) is 26.7 Å². The zero-order valence-corrected chi connectivity index (χ0v) is 10.7. The number of morpholine rings is 1. The van der Waals surface area contributed by atoms with Crippen molar-refractivity contribution in [3.63, 3.8) is 0 Å². The van der Waals surface area contributed by atoms with Gasteiger partial charge in [-0.2, -0.15) is 5.10 Å². The first-order valence-electron chi connectivity index (χ1n) is 6.45. The fourth-order valence-corrected chi connectivity index (χ4v) is 2.76. The highest BCUT2D eigenvalue weighted by molar-refractivity contribution is 6.53. The quantitative estimate of drug-likeness (QED) is 0.698. The van der Waals surface area contributed by atoms with E-state index in [0.717, 1.165) is 24.1 Å². The number of allylic oxidation sites excluding steroid dienone is 1. The molecule has 0 N–H and O–H groups in total. The van der Waals surface area contributed by atoms with Crippen LogP contribution in [0.5, 0.6) is 0 Å². The predicted octanol–water partition coefficient (Wildman–Crippen LogP) is 1.15. The second kappa shape index (κ2) is 4.31. The molecule has 0 spiro atoms. The van der Waals surface area contributed by atoms with Gasteiger partial charge < -0.3 is 9.64 Å². The van der Waals surface area contributed by atoms with Gasteiger partial charge in [-0.3, -0.25) is 4.79 Å². The maximum Gasteiger partial charge on any atom is 0.275 e. The summed E-state index contributed by atoms with van der Waals surface area (Å²) in [5, 5.41) is 8.14. The van der Waals surface area contributed by atoms with Crippen molar-refractivity contribution >= 4 is 17.3 Å². The monoisotopic (exact) mass is 247 g/mol. The van der Waals surface area contributed by atoms with Gasteiger partial charge in [0.25, 0.3) is 5.91 Å². The van der Waals surface area contributed by atoms with Gasteiger partial charge in [0.1, 0.15) is 0 Å². The normalized spacial score (nSPS) is 30.8. The molecule has 2 aliphatic heterocycles. The minimum absolute atomic E-state index is 0.0103. The van der Waals surface area contributed by atoms with Gasteiger partial charge in [0.05, 0.1) is 17.9 Å². The maximum absolute atomic E-state index is 12.5. The molecular formula is C13H17N3O2. The predicted molar refractivity (Wildman–Crippen MR) is 68.8 cm³/mol. The van der Waals surface area contributed by atoms with E-state index in [1.165, 1.54) is 0 Å². The van der Waals surface area contributed by atoms with Crippen LogP contribution in [0.4, 0.5) is 0 Å². The molecular weight excluding hydrogens is 230 g/mol. The molecule has 1 saturated heterocycles. The van der Waals surface area contributed by atoms with Crippen molar-refractivity contribution in [3.05, 3.63) is 11.6 Å². The third kappa shape index (κ3) is 1.88. The molecule has 3 rings (SSSR count). The minimum atomic E-state index is -0.0103. The van der Waals surface area contributed by atoms with Crippen LogP contribution in [-0.2, 0) is 9.53 Å². The summed E-state index contributed by atoms with van der Waals surface area (Å²) in [7, 11) is 0. The van der Waals surface area contributed by atoms with Crippen LogP contribution < -0.4 is 0 Å². The summed E-state index contributed by atoms with van der Waals surface area (Å²) in [4.78, 5) is 14.3. The lowest BCUT2D eigenvalue weighted by atomic mass is 10.1. The summed E-state index contributed by atoms with van der Waals surface area (Å²) in [6.45, 7) is 5.24. The number of hydrogen-bond acceptors (Lipinski definition) is 4. The van der Waals surface area contributed by atoms with Crippen LogP contribution in [-0.4, -0.2) is 47.5 Å². The van der Waals surface area contributed by atoms with Crippen molar-refractivity contribution in [3.8, 4) is 0 Å². The first-order chi connectivity index (χ1) is 8.65. The summed E-state index contributed by atoms with van der Waals surface area (Å²) >= 11 is 0. The molecule has 96 valence electrons. The average Bonchev–Trinajstić information content (AvgIpc) is 2.88. The van der Waals surface area contributed by atoms with Gasteiger partial charge in [0.2, 0.25) is 0 Å². The van der Waals surface area contributed by atoms with E-state index in [9.17, 15) is 4.79 Å². The molecule has 5 nitrogen and oxygen atoms in total. The lowest BCUT2D eigenvalue weighted by molar-refractivity contribution is -0.136. The second-order valence-corrected chi connectivity index (χ2v) is 5.12. The summed E-state index contributed by atoms with van der Waals surface area (Å²) < 4.78 is 5.64. The largest absolute Gasteiger partial charge is 0.372 e. The Bertz CT molecular complexity index is 469. The highest BCUT2D eigenvalue weighted by Gasteiger charge is 2.34. The first-order valence-corrected chi connectivity index (χ1v) is 6.45. The summed E-state index contributed by atoms with van der Waals surface area (Å²) in [6.07, 6.45) is 4.10. The van der Waals surface area contributed by atoms with E-state index in [1.54, 1.807) is 0 Å². The Kier molecular flexibility index (Phi) is 2.78. The van der Waals surface area contributed by atoms with E-state index >= 15 is 0 Å². The minimum Gasteiger partial charge on any atom is -0.372 e. The zero-order valence-electron chi connectivity index (χ0n) is 10.7. The van der Waals surface area contributed by atoms with Crippen LogP contribution in [0, 0.1) is 0 Å². The maximum atomic E-state index is 12.5. The number of carbonyl (C=O) groups excluding carboxylic acids is 1. The molecule has 2 heterocycles. The van der Waals surface area contributed by atoms with Gasteiger partial charge in [-0.15, -0.1) is 5.10 Å². The Labute approximate surface area is 106 Å². The van der Waals surface area contributed by atoms with E-state index in [2.05, 4.69) is 16.3 Å². The topological polar surface area (TPSA) is 54.3 Å². The van der Waals surface area contributed by atoms with Crippen molar-refractivity contribution in [2.24, 2.45) is 10.2 Å². The summed E-state index contributed by atoms with van der Waals surface area (Å²) in [5.41, 5.74) is 2.43. The van der Waals surface area contributed by atoms with Gasteiger partial charge in [-0.1, -0.05) is 6.08 Å². The van der Waals surface area contributed by atoms with Gasteiger partial charge in [0, 0.05) is 18.7 Å². The van der Waals surface area contributed by atoms with E-state index in [0.29, 0.717) is 18.8 Å². The SMILES string of the molecule is C[C@@H]1CN(C(=O)C2=NN=C3CCC=C32)C[C@H](C)O1. The molecule has 0 radical (unpaired) electrons. The molecule has 5 heteroatoms. The van der Waals surface area contributed by atoms with Crippen LogP contribution in [0.25, 0.3) is 0 Å². The number of carbonyl (C=O) groups is 1. The molecule has 0 aromatic carbocycles. The fourth-order valence-electron chi connectivity index (χ4n) is 2.76. The number of nitrogens with zero attached hydrogens (tertiary/aromatic N) is 3. The van der Waals surface area contributed by atoms with Crippen LogP contribution in [0.2, 0.25) is 0 Å².